The van der Waals surface area contributed by atoms with Crippen LogP contribution in [0.25, 0.3) is 0 Å². The summed E-state index contributed by atoms with van der Waals surface area (Å²) in [7, 11) is -3.25. The molecule has 0 fully saturated rings. The highest BCUT2D eigenvalue weighted by molar-refractivity contribution is 7.91. The second kappa shape index (κ2) is 5.79. The van der Waals surface area contributed by atoms with Crippen molar-refractivity contribution in [3.8, 4) is 5.75 Å². The van der Waals surface area contributed by atoms with Crippen molar-refractivity contribution in [3.63, 3.8) is 0 Å². The van der Waals surface area contributed by atoms with Crippen LogP contribution in [0.3, 0.4) is 0 Å². The predicted molar refractivity (Wildman–Crippen MR) is 75.4 cm³/mol. The zero-order valence-electron chi connectivity index (χ0n) is 11.1. The summed E-state index contributed by atoms with van der Waals surface area (Å²) < 4.78 is 29.9. The summed E-state index contributed by atoms with van der Waals surface area (Å²) in [5.41, 5.74) is 6.11. The van der Waals surface area contributed by atoms with E-state index >= 15 is 0 Å². The van der Waals surface area contributed by atoms with Gasteiger partial charge >= 0.3 is 0 Å². The van der Waals surface area contributed by atoms with Crippen molar-refractivity contribution in [2.24, 2.45) is 5.73 Å². The van der Waals surface area contributed by atoms with Gasteiger partial charge in [0.05, 0.1) is 22.9 Å². The van der Waals surface area contributed by atoms with E-state index in [0.29, 0.717) is 24.4 Å². The third kappa shape index (κ3) is 3.19. The maximum Gasteiger partial charge on any atom is 0.178 e. The van der Waals surface area contributed by atoms with Crippen molar-refractivity contribution in [3.05, 3.63) is 18.2 Å². The second-order valence-corrected chi connectivity index (χ2v) is 6.76. The van der Waals surface area contributed by atoms with Crippen LogP contribution in [0.2, 0.25) is 0 Å². The average molecular weight is 284 g/mol. The standard InChI is InChI=1S/C13H20N2O3S/c1-2-10-9-15-12-8-11(4-5-13(12)18-10)19(16,17)7-3-6-14/h4-5,8,10,15H,2-3,6-7,9,14H2,1H3. The molecule has 0 aromatic heterocycles. The monoisotopic (exact) mass is 284 g/mol. The van der Waals surface area contributed by atoms with Gasteiger partial charge < -0.3 is 15.8 Å². The normalized spacial score (nSPS) is 18.3. The first-order valence-electron chi connectivity index (χ1n) is 6.54. The van der Waals surface area contributed by atoms with E-state index in [1.807, 2.05) is 0 Å². The number of hydrogen-bond acceptors (Lipinski definition) is 5. The first-order valence-corrected chi connectivity index (χ1v) is 8.19. The number of anilines is 1. The molecule has 1 aromatic carbocycles. The molecule has 0 saturated carbocycles. The van der Waals surface area contributed by atoms with Crippen LogP contribution in [0.15, 0.2) is 23.1 Å². The van der Waals surface area contributed by atoms with Crippen LogP contribution in [-0.4, -0.2) is 33.4 Å². The summed E-state index contributed by atoms with van der Waals surface area (Å²) in [5, 5.41) is 3.22. The van der Waals surface area contributed by atoms with Gasteiger partial charge in [0.15, 0.2) is 9.84 Å². The summed E-state index contributed by atoms with van der Waals surface area (Å²) in [6, 6.07) is 4.97. The number of nitrogens with one attached hydrogen (secondary N) is 1. The molecule has 0 amide bonds. The molecular weight excluding hydrogens is 264 g/mol. The predicted octanol–water partition coefficient (Wildman–Crippen LogP) is 1.39. The van der Waals surface area contributed by atoms with E-state index in [0.717, 1.165) is 17.9 Å². The molecule has 19 heavy (non-hydrogen) atoms. The number of fused-ring (bicyclic) bond motifs is 1. The van der Waals surface area contributed by atoms with Gasteiger partial charge in [0.25, 0.3) is 0 Å². The molecule has 1 atom stereocenters. The first kappa shape index (κ1) is 14.1. The maximum absolute atomic E-state index is 12.1. The molecule has 0 aliphatic carbocycles. The fraction of sp³-hybridized carbons (Fsp3) is 0.538. The zero-order chi connectivity index (χ0) is 13.9. The van der Waals surface area contributed by atoms with Crippen LogP contribution in [0.1, 0.15) is 19.8 Å². The smallest absolute Gasteiger partial charge is 0.178 e. The van der Waals surface area contributed by atoms with Crippen LogP contribution in [0.4, 0.5) is 5.69 Å². The minimum Gasteiger partial charge on any atom is -0.486 e. The number of rotatable bonds is 5. The van der Waals surface area contributed by atoms with Crippen molar-refractivity contribution in [1.82, 2.24) is 0 Å². The third-order valence-electron chi connectivity index (χ3n) is 3.20. The number of hydrogen-bond donors (Lipinski definition) is 2. The van der Waals surface area contributed by atoms with E-state index in [2.05, 4.69) is 12.2 Å². The number of ether oxygens (including phenoxy) is 1. The van der Waals surface area contributed by atoms with E-state index < -0.39 is 9.84 Å². The molecule has 0 saturated heterocycles. The zero-order valence-corrected chi connectivity index (χ0v) is 11.9. The minimum absolute atomic E-state index is 0.0841. The van der Waals surface area contributed by atoms with Gasteiger partial charge in [0.2, 0.25) is 0 Å². The maximum atomic E-state index is 12.1. The van der Waals surface area contributed by atoms with Gasteiger partial charge in [0.1, 0.15) is 11.9 Å². The van der Waals surface area contributed by atoms with Gasteiger partial charge in [-0.15, -0.1) is 0 Å². The molecule has 106 valence electrons. The van der Waals surface area contributed by atoms with Crippen LogP contribution in [0, 0.1) is 0 Å². The van der Waals surface area contributed by atoms with Gasteiger partial charge in [-0.05, 0) is 37.6 Å². The molecule has 0 spiro atoms. The molecule has 1 aliphatic heterocycles. The van der Waals surface area contributed by atoms with Gasteiger partial charge in [-0.1, -0.05) is 6.92 Å². The van der Waals surface area contributed by atoms with Crippen molar-refractivity contribution in [2.45, 2.75) is 30.8 Å². The van der Waals surface area contributed by atoms with Crippen molar-refractivity contribution in [2.75, 3.05) is 24.2 Å². The van der Waals surface area contributed by atoms with Crippen molar-refractivity contribution in [1.29, 1.82) is 0 Å². The fourth-order valence-corrected chi connectivity index (χ4v) is 3.36. The molecule has 1 aromatic rings. The average Bonchev–Trinajstić information content (AvgIpc) is 2.44. The van der Waals surface area contributed by atoms with Crippen LogP contribution in [-0.2, 0) is 9.84 Å². The largest absolute Gasteiger partial charge is 0.486 e. The lowest BCUT2D eigenvalue weighted by atomic mass is 10.2. The summed E-state index contributed by atoms with van der Waals surface area (Å²) >= 11 is 0. The lowest BCUT2D eigenvalue weighted by Crippen LogP contribution is -2.30. The molecule has 0 radical (unpaired) electrons. The van der Waals surface area contributed by atoms with Crippen molar-refractivity contribution >= 4 is 15.5 Å². The highest BCUT2D eigenvalue weighted by atomic mass is 32.2. The van der Waals surface area contributed by atoms with Gasteiger partial charge in [-0.25, -0.2) is 8.42 Å². The number of benzene rings is 1. The van der Waals surface area contributed by atoms with Gasteiger partial charge in [0, 0.05) is 0 Å². The summed E-state index contributed by atoms with van der Waals surface area (Å²) in [6.45, 7) is 3.14. The van der Waals surface area contributed by atoms with Crippen molar-refractivity contribution < 1.29 is 13.2 Å². The summed E-state index contributed by atoms with van der Waals surface area (Å²) in [4.78, 5) is 0.325. The van der Waals surface area contributed by atoms with E-state index in [-0.39, 0.29) is 11.9 Å². The molecule has 2 rings (SSSR count). The first-order chi connectivity index (χ1) is 9.06. The molecule has 1 heterocycles. The Bertz CT molecular complexity index is 543. The van der Waals surface area contributed by atoms with E-state index in [9.17, 15) is 8.42 Å². The van der Waals surface area contributed by atoms with Crippen LogP contribution >= 0.6 is 0 Å². The topological polar surface area (TPSA) is 81.4 Å². The third-order valence-corrected chi connectivity index (χ3v) is 4.99. The van der Waals surface area contributed by atoms with Crippen LogP contribution in [0.5, 0.6) is 5.75 Å². The Labute approximate surface area is 114 Å². The van der Waals surface area contributed by atoms with Crippen LogP contribution < -0.4 is 15.8 Å². The lowest BCUT2D eigenvalue weighted by molar-refractivity contribution is 0.201. The minimum atomic E-state index is -3.25. The summed E-state index contributed by atoms with van der Waals surface area (Å²) in [5.74, 6) is 0.802. The van der Waals surface area contributed by atoms with E-state index in [4.69, 9.17) is 10.5 Å². The van der Waals surface area contributed by atoms with Gasteiger partial charge in [-0.2, -0.15) is 0 Å². The number of sulfone groups is 1. The Hall–Kier alpha value is -1.27. The Balaban J connectivity index is 2.22. The Kier molecular flexibility index (Phi) is 4.31. The summed E-state index contributed by atoms with van der Waals surface area (Å²) in [6.07, 6.45) is 1.54. The number of nitrogens with two attached hydrogens (primary N) is 1. The second-order valence-electron chi connectivity index (χ2n) is 4.65. The van der Waals surface area contributed by atoms with E-state index in [1.54, 1.807) is 18.2 Å². The lowest BCUT2D eigenvalue weighted by Gasteiger charge is -2.26. The SMILES string of the molecule is CCC1CNc2cc(S(=O)(=O)CCCN)ccc2O1. The quantitative estimate of drug-likeness (QED) is 0.854. The Morgan fingerprint density at radius 1 is 1.47 bits per heavy atom. The molecule has 6 heteroatoms. The Morgan fingerprint density at radius 3 is 2.95 bits per heavy atom. The molecular formula is C13H20N2O3S. The highest BCUT2D eigenvalue weighted by Gasteiger charge is 2.21. The molecule has 1 aliphatic rings. The molecule has 0 bridgehead atoms. The fourth-order valence-electron chi connectivity index (χ4n) is 2.01. The molecule has 3 N–H and O–H groups in total. The molecule has 1 unspecified atom stereocenters. The molecule has 5 nitrogen and oxygen atoms in total. The highest BCUT2D eigenvalue weighted by Crippen LogP contribution is 2.32. The van der Waals surface area contributed by atoms with Gasteiger partial charge in [-0.3, -0.25) is 0 Å². The Morgan fingerprint density at radius 2 is 2.26 bits per heavy atom. The van der Waals surface area contributed by atoms with E-state index in [1.165, 1.54) is 0 Å².